The van der Waals surface area contributed by atoms with Gasteiger partial charge in [-0.3, -0.25) is 0 Å². The summed E-state index contributed by atoms with van der Waals surface area (Å²) in [6.07, 6.45) is 4.23. The molecule has 2 heterocycles. The molecule has 1 aliphatic rings. The van der Waals surface area contributed by atoms with Crippen LogP contribution in [-0.4, -0.2) is 41.9 Å². The van der Waals surface area contributed by atoms with Gasteiger partial charge in [0, 0.05) is 18.9 Å². The molecule has 0 saturated carbocycles. The molecule has 1 saturated heterocycles. The lowest BCUT2D eigenvalue weighted by molar-refractivity contribution is 0.119. The molecule has 1 aliphatic heterocycles. The third kappa shape index (κ3) is 3.37. The minimum Gasteiger partial charge on any atom is -0.459 e. The van der Waals surface area contributed by atoms with Crippen LogP contribution in [0.25, 0.3) is 0 Å². The van der Waals surface area contributed by atoms with Gasteiger partial charge >= 0.3 is 6.01 Å². The standard InChI is InChI=1S/C16H16N4O3S/c17-11-13-5-1-2-7-15(13)24(21,22)20-10-3-6-14(12-20)23-16-18-8-4-9-19-16/h1-2,4-5,7-9,14H,3,6,10,12H2. The number of rotatable bonds is 4. The molecule has 24 heavy (non-hydrogen) atoms. The highest BCUT2D eigenvalue weighted by molar-refractivity contribution is 7.89. The van der Waals surface area contributed by atoms with Crippen molar-refractivity contribution in [1.29, 1.82) is 5.26 Å². The first-order valence-electron chi connectivity index (χ1n) is 7.54. The average Bonchev–Trinajstić information content (AvgIpc) is 2.63. The molecule has 1 aromatic carbocycles. The highest BCUT2D eigenvalue weighted by Crippen LogP contribution is 2.24. The van der Waals surface area contributed by atoms with E-state index in [1.165, 1.54) is 16.4 Å². The molecular weight excluding hydrogens is 328 g/mol. The van der Waals surface area contributed by atoms with Gasteiger partial charge in [-0.15, -0.1) is 0 Å². The van der Waals surface area contributed by atoms with Crippen molar-refractivity contribution in [3.63, 3.8) is 0 Å². The lowest BCUT2D eigenvalue weighted by atomic mass is 10.1. The monoisotopic (exact) mass is 344 g/mol. The number of aromatic nitrogens is 2. The Hall–Kier alpha value is -2.50. The quantitative estimate of drug-likeness (QED) is 0.835. The average molecular weight is 344 g/mol. The molecule has 1 fully saturated rings. The zero-order chi connectivity index (χ0) is 17.0. The largest absolute Gasteiger partial charge is 0.459 e. The van der Waals surface area contributed by atoms with Crippen LogP contribution in [-0.2, 0) is 10.0 Å². The van der Waals surface area contributed by atoms with Crippen LogP contribution in [0.4, 0.5) is 0 Å². The molecule has 8 heteroatoms. The van der Waals surface area contributed by atoms with Gasteiger partial charge in [0.05, 0.1) is 17.0 Å². The Bertz CT molecular complexity index is 849. The molecule has 0 aliphatic carbocycles. The highest BCUT2D eigenvalue weighted by Gasteiger charge is 2.32. The first kappa shape index (κ1) is 16.4. The Morgan fingerprint density at radius 2 is 1.96 bits per heavy atom. The summed E-state index contributed by atoms with van der Waals surface area (Å²) in [5, 5.41) is 9.15. The van der Waals surface area contributed by atoms with E-state index in [2.05, 4.69) is 9.97 Å². The molecule has 0 bridgehead atoms. The Morgan fingerprint density at radius 1 is 1.21 bits per heavy atom. The van der Waals surface area contributed by atoms with Crippen LogP contribution in [0.15, 0.2) is 47.6 Å². The van der Waals surface area contributed by atoms with Gasteiger partial charge in [-0.25, -0.2) is 18.4 Å². The normalized spacial score (nSPS) is 18.7. The Labute approximate surface area is 140 Å². The minimum atomic E-state index is -3.74. The van der Waals surface area contributed by atoms with Crippen LogP contribution in [0, 0.1) is 11.3 Å². The van der Waals surface area contributed by atoms with E-state index in [9.17, 15) is 8.42 Å². The van der Waals surface area contributed by atoms with Crippen LogP contribution < -0.4 is 4.74 Å². The van der Waals surface area contributed by atoms with Gasteiger partial charge in [0.1, 0.15) is 12.2 Å². The van der Waals surface area contributed by atoms with Crippen LogP contribution >= 0.6 is 0 Å². The zero-order valence-corrected chi connectivity index (χ0v) is 13.7. The van der Waals surface area contributed by atoms with Crippen molar-refractivity contribution >= 4 is 10.0 Å². The Kier molecular flexibility index (Phi) is 4.74. The molecule has 0 amide bonds. The van der Waals surface area contributed by atoms with Crippen molar-refractivity contribution in [1.82, 2.24) is 14.3 Å². The fourth-order valence-corrected chi connectivity index (χ4v) is 4.29. The van der Waals surface area contributed by atoms with E-state index in [0.29, 0.717) is 13.0 Å². The fourth-order valence-electron chi connectivity index (χ4n) is 2.64. The lowest BCUT2D eigenvalue weighted by Gasteiger charge is -2.31. The molecular formula is C16H16N4O3S. The Morgan fingerprint density at radius 3 is 2.71 bits per heavy atom. The van der Waals surface area contributed by atoms with E-state index in [4.69, 9.17) is 10.00 Å². The summed E-state index contributed by atoms with van der Waals surface area (Å²) in [5.41, 5.74) is 0.145. The van der Waals surface area contributed by atoms with E-state index >= 15 is 0 Å². The number of nitriles is 1. The second-order valence-corrected chi connectivity index (χ2v) is 7.29. The summed E-state index contributed by atoms with van der Waals surface area (Å²) in [5.74, 6) is 0. The Balaban J connectivity index is 1.80. The van der Waals surface area contributed by atoms with Crippen LogP contribution in [0.2, 0.25) is 0 Å². The van der Waals surface area contributed by atoms with Crippen molar-refractivity contribution in [2.24, 2.45) is 0 Å². The number of ether oxygens (including phenoxy) is 1. The van der Waals surface area contributed by atoms with Crippen molar-refractivity contribution in [3.05, 3.63) is 48.3 Å². The number of piperidine rings is 1. The highest BCUT2D eigenvalue weighted by atomic mass is 32.2. The maximum atomic E-state index is 12.9. The molecule has 1 aromatic heterocycles. The number of hydrogen-bond donors (Lipinski definition) is 0. The van der Waals surface area contributed by atoms with Crippen LogP contribution in [0.5, 0.6) is 6.01 Å². The molecule has 1 atom stereocenters. The van der Waals surface area contributed by atoms with Gasteiger partial charge in [0.2, 0.25) is 10.0 Å². The lowest BCUT2D eigenvalue weighted by Crippen LogP contribution is -2.44. The molecule has 1 unspecified atom stereocenters. The summed E-state index contributed by atoms with van der Waals surface area (Å²) in [7, 11) is -3.74. The smallest absolute Gasteiger partial charge is 0.316 e. The SMILES string of the molecule is N#Cc1ccccc1S(=O)(=O)N1CCCC(Oc2ncccn2)C1. The summed E-state index contributed by atoms with van der Waals surface area (Å²) >= 11 is 0. The predicted octanol–water partition coefficient (Wildman–Crippen LogP) is 1.58. The number of benzene rings is 1. The van der Waals surface area contributed by atoms with E-state index < -0.39 is 10.0 Å². The summed E-state index contributed by atoms with van der Waals surface area (Å²) in [4.78, 5) is 8.03. The summed E-state index contributed by atoms with van der Waals surface area (Å²) in [6, 6.07) is 10.1. The zero-order valence-electron chi connectivity index (χ0n) is 12.9. The molecule has 0 spiro atoms. The van der Waals surface area contributed by atoms with Crippen molar-refractivity contribution < 1.29 is 13.2 Å². The maximum Gasteiger partial charge on any atom is 0.316 e. The molecule has 3 rings (SSSR count). The molecule has 0 N–H and O–H groups in total. The van der Waals surface area contributed by atoms with Gasteiger partial charge < -0.3 is 4.74 Å². The molecule has 7 nitrogen and oxygen atoms in total. The second kappa shape index (κ2) is 6.95. The summed E-state index contributed by atoms with van der Waals surface area (Å²) < 4.78 is 32.7. The predicted molar refractivity (Wildman–Crippen MR) is 85.6 cm³/mol. The first-order chi connectivity index (χ1) is 11.6. The van der Waals surface area contributed by atoms with Crippen LogP contribution in [0.3, 0.4) is 0 Å². The van der Waals surface area contributed by atoms with Gasteiger partial charge in [-0.05, 0) is 31.0 Å². The van der Waals surface area contributed by atoms with Gasteiger partial charge in [0.25, 0.3) is 0 Å². The topological polar surface area (TPSA) is 96.2 Å². The molecule has 0 radical (unpaired) electrons. The second-order valence-electron chi connectivity index (χ2n) is 5.38. The number of sulfonamides is 1. The molecule has 124 valence electrons. The van der Waals surface area contributed by atoms with E-state index in [1.54, 1.807) is 30.6 Å². The van der Waals surface area contributed by atoms with Gasteiger partial charge in [-0.2, -0.15) is 9.57 Å². The van der Waals surface area contributed by atoms with Crippen molar-refractivity contribution in [3.8, 4) is 12.1 Å². The van der Waals surface area contributed by atoms with Crippen molar-refractivity contribution in [2.45, 2.75) is 23.8 Å². The maximum absolute atomic E-state index is 12.9. The van der Waals surface area contributed by atoms with Gasteiger partial charge in [-0.1, -0.05) is 12.1 Å². The third-order valence-electron chi connectivity index (χ3n) is 3.78. The fraction of sp³-hybridized carbons (Fsp3) is 0.312. The first-order valence-corrected chi connectivity index (χ1v) is 8.98. The van der Waals surface area contributed by atoms with Gasteiger partial charge in [0.15, 0.2) is 0 Å². The summed E-state index contributed by atoms with van der Waals surface area (Å²) in [6.45, 7) is 0.609. The van der Waals surface area contributed by atoms with E-state index in [0.717, 1.165) is 6.42 Å². The third-order valence-corrected chi connectivity index (χ3v) is 5.70. The van der Waals surface area contributed by atoms with Crippen LogP contribution in [0.1, 0.15) is 18.4 Å². The number of nitrogens with zero attached hydrogens (tertiary/aromatic N) is 4. The minimum absolute atomic E-state index is 0.0316. The molecule has 2 aromatic rings. The van der Waals surface area contributed by atoms with E-state index in [-0.39, 0.29) is 29.1 Å². The van der Waals surface area contributed by atoms with E-state index in [1.807, 2.05) is 6.07 Å². The van der Waals surface area contributed by atoms with Crippen molar-refractivity contribution in [2.75, 3.05) is 13.1 Å². The number of hydrogen-bond acceptors (Lipinski definition) is 6.